The van der Waals surface area contributed by atoms with E-state index in [0.29, 0.717) is 11.8 Å². The third kappa shape index (κ3) is 7.89. The molecule has 90 heavy (non-hydrogen) atoms. The minimum Gasteiger partial charge on any atom is -0.309 e. The lowest BCUT2D eigenvalue weighted by atomic mass is 9.81. The average molecular weight is 1160 g/mol. The number of hydrogen-bond acceptors (Lipinski definition) is 2. The smallest absolute Gasteiger partial charge is 0.0620 e. The summed E-state index contributed by atoms with van der Waals surface area (Å²) < 4.78 is 0. The van der Waals surface area contributed by atoms with Gasteiger partial charge in [-0.15, -0.1) is 0 Å². The van der Waals surface area contributed by atoms with E-state index in [4.69, 9.17) is 0 Å². The minimum atomic E-state index is -0.288. The molecule has 2 aliphatic rings. The van der Waals surface area contributed by atoms with E-state index in [2.05, 4.69) is 322 Å². The Morgan fingerprint density at radius 1 is 0.244 bits per heavy atom. The highest BCUT2D eigenvalue weighted by molar-refractivity contribution is 6.28. The molecule has 0 bridgehead atoms. The molecule has 0 fully saturated rings. The highest BCUT2D eigenvalue weighted by atomic mass is 15.2. The minimum absolute atomic E-state index is 0.288. The molecule has 0 atom stereocenters. The second-order valence-electron chi connectivity index (χ2n) is 27.7. The zero-order valence-electron chi connectivity index (χ0n) is 53.1. The molecule has 2 nitrogen and oxygen atoms in total. The van der Waals surface area contributed by atoms with Gasteiger partial charge < -0.3 is 9.80 Å². The molecule has 0 N–H and O–H groups in total. The molecule has 2 aliphatic carbocycles. The van der Waals surface area contributed by atoms with Gasteiger partial charge in [-0.3, -0.25) is 0 Å². The van der Waals surface area contributed by atoms with E-state index in [1.807, 2.05) is 0 Å². The number of hydrogen-bond donors (Lipinski definition) is 0. The molecule has 0 aromatic heterocycles. The lowest BCUT2D eigenvalue weighted by Gasteiger charge is -2.34. The van der Waals surface area contributed by atoms with Crippen molar-refractivity contribution in [2.24, 2.45) is 0 Å². The molecular formula is C88H72N2. The number of anilines is 6. The Labute approximate surface area is 528 Å². The summed E-state index contributed by atoms with van der Waals surface area (Å²) in [5, 5.41) is 20.4. The molecule has 0 saturated carbocycles. The summed E-state index contributed by atoms with van der Waals surface area (Å²) in [7, 11) is 0. The van der Waals surface area contributed by atoms with Gasteiger partial charge in [0, 0.05) is 55.1 Å². The first-order chi connectivity index (χ1) is 43.6. The first-order valence-corrected chi connectivity index (χ1v) is 32.4. The Bertz CT molecular complexity index is 5210. The van der Waals surface area contributed by atoms with Gasteiger partial charge in [-0.2, -0.15) is 0 Å². The Kier molecular flexibility index (Phi) is 11.9. The van der Waals surface area contributed by atoms with E-state index in [1.54, 1.807) is 0 Å². The second-order valence-corrected chi connectivity index (χ2v) is 27.7. The Morgan fingerprint density at radius 2 is 0.533 bits per heavy atom. The van der Waals surface area contributed by atoms with Gasteiger partial charge in [0.1, 0.15) is 0 Å². The predicted molar refractivity (Wildman–Crippen MR) is 389 cm³/mol. The van der Waals surface area contributed by atoms with Crippen LogP contribution in [0.4, 0.5) is 34.1 Å². The number of fused-ring (bicyclic) bond motifs is 20. The zero-order chi connectivity index (χ0) is 61.2. The summed E-state index contributed by atoms with van der Waals surface area (Å²) in [6.45, 7) is 23.4. The van der Waals surface area contributed by atoms with Gasteiger partial charge in [0.05, 0.1) is 11.4 Å². The Morgan fingerprint density at radius 3 is 0.856 bits per heavy atom. The molecule has 0 aliphatic heterocycles. The SMILES string of the molecule is Cc1ccc2c(N(c3ccc(C(C)C)cc3)c3ccc4c(c3)C(C)(C)c3cc5c6ccccc6c6ccccc6c5cc3-4)c3cc(C)ccc3c(N(c3ccc(C(C)C)cc3)c3ccc4c(c3)C(C)(C)c3cc5c6ccccc6c6ccccc6c5cc3-4)c2c1. The topological polar surface area (TPSA) is 6.48 Å². The van der Waals surface area contributed by atoms with Crippen molar-refractivity contribution in [2.45, 2.75) is 91.9 Å². The molecule has 0 amide bonds. The van der Waals surface area contributed by atoms with E-state index >= 15 is 0 Å². The van der Waals surface area contributed by atoms with Crippen LogP contribution in [0, 0.1) is 13.8 Å². The van der Waals surface area contributed by atoms with Crippen molar-refractivity contribution < 1.29 is 0 Å². The summed E-state index contributed by atoms with van der Waals surface area (Å²) >= 11 is 0. The fourth-order valence-corrected chi connectivity index (χ4v) is 16.2. The fraction of sp³-hybridized carbons (Fsp3) is 0.159. The predicted octanol–water partition coefficient (Wildman–Crippen LogP) is 25.3. The van der Waals surface area contributed by atoms with Crippen LogP contribution in [0.25, 0.3) is 108 Å². The van der Waals surface area contributed by atoms with Crippen molar-refractivity contribution in [3.8, 4) is 22.3 Å². The first-order valence-electron chi connectivity index (χ1n) is 32.4. The molecule has 434 valence electrons. The second kappa shape index (κ2) is 19.7. The highest BCUT2D eigenvalue weighted by Gasteiger charge is 2.39. The summed E-state index contributed by atoms with van der Waals surface area (Å²) in [5.74, 6) is 0.783. The van der Waals surface area contributed by atoms with Crippen molar-refractivity contribution in [1.29, 1.82) is 0 Å². The van der Waals surface area contributed by atoms with E-state index in [1.165, 1.54) is 164 Å². The fourth-order valence-electron chi connectivity index (χ4n) is 16.2. The maximum Gasteiger partial charge on any atom is 0.0620 e. The van der Waals surface area contributed by atoms with Crippen LogP contribution in [0.5, 0.6) is 0 Å². The zero-order valence-corrected chi connectivity index (χ0v) is 53.1. The van der Waals surface area contributed by atoms with Crippen molar-refractivity contribution in [3.63, 3.8) is 0 Å². The van der Waals surface area contributed by atoms with E-state index in [-0.39, 0.29) is 10.8 Å². The number of nitrogens with zero attached hydrogens (tertiary/aromatic N) is 2. The normalized spacial score (nSPS) is 13.8. The van der Waals surface area contributed by atoms with Gasteiger partial charge in [0.25, 0.3) is 0 Å². The van der Waals surface area contributed by atoms with Crippen LogP contribution in [0.1, 0.15) is 112 Å². The Hall–Kier alpha value is -10.0. The van der Waals surface area contributed by atoms with E-state index in [0.717, 1.165) is 22.7 Å². The van der Waals surface area contributed by atoms with Crippen LogP contribution in [-0.2, 0) is 10.8 Å². The molecule has 15 aromatic rings. The van der Waals surface area contributed by atoms with Crippen molar-refractivity contribution in [1.82, 2.24) is 0 Å². The standard InChI is InChI=1S/C88H72N2/c1-51(2)55-29-33-57(34-30-55)89(59-37-41-69-77-47-73-65-23-15-11-19-61(65)63-21-13-17-25-67(63)75(73)49-83(77)87(7,8)81(69)45-59)85-71-39-27-54(6)44-80(71)86(72-40-28-53(5)43-79(72)85)90(58-35-31-56(32-36-58)52(3)4)60-38-42-70-78-48-74-66-24-16-12-20-62(66)64-22-14-18-26-68(64)76(74)50-84(78)88(9,10)82(70)46-60/h11-52H,1-10H3. The van der Waals surface area contributed by atoms with Gasteiger partial charge >= 0.3 is 0 Å². The lowest BCUT2D eigenvalue weighted by molar-refractivity contribution is 0.661. The molecule has 17 rings (SSSR count). The van der Waals surface area contributed by atoms with E-state index in [9.17, 15) is 0 Å². The molecular weight excluding hydrogens is 1080 g/mol. The third-order valence-electron chi connectivity index (χ3n) is 21.0. The monoisotopic (exact) mass is 1160 g/mol. The first kappa shape index (κ1) is 54.2. The third-order valence-corrected chi connectivity index (χ3v) is 21.0. The van der Waals surface area contributed by atoms with Crippen LogP contribution in [0.2, 0.25) is 0 Å². The van der Waals surface area contributed by atoms with Crippen LogP contribution >= 0.6 is 0 Å². The lowest BCUT2D eigenvalue weighted by Crippen LogP contribution is -2.18. The maximum atomic E-state index is 2.59. The number of aryl methyl sites for hydroxylation is 2. The van der Waals surface area contributed by atoms with Gasteiger partial charge in [-0.1, -0.05) is 224 Å². The van der Waals surface area contributed by atoms with Gasteiger partial charge in [-0.05, 0) is 231 Å². The molecule has 15 aromatic carbocycles. The van der Waals surface area contributed by atoms with Crippen LogP contribution in [-0.4, -0.2) is 0 Å². The summed E-state index contributed by atoms with van der Waals surface area (Å²) in [6.07, 6.45) is 0. The summed E-state index contributed by atoms with van der Waals surface area (Å²) in [5.41, 5.74) is 22.1. The average Bonchev–Trinajstić information content (AvgIpc) is 1.34. The Balaban J connectivity index is 0.897. The van der Waals surface area contributed by atoms with Crippen molar-refractivity contribution >= 4 is 120 Å². The molecule has 0 saturated heterocycles. The largest absolute Gasteiger partial charge is 0.309 e. The van der Waals surface area contributed by atoms with Gasteiger partial charge in [0.15, 0.2) is 0 Å². The van der Waals surface area contributed by atoms with Crippen LogP contribution in [0.15, 0.2) is 243 Å². The molecule has 2 heteroatoms. The number of benzene rings is 15. The quantitative estimate of drug-likeness (QED) is 0.0850. The molecule has 0 spiro atoms. The van der Waals surface area contributed by atoms with Crippen LogP contribution < -0.4 is 9.80 Å². The highest BCUT2D eigenvalue weighted by Crippen LogP contribution is 2.58. The summed E-state index contributed by atoms with van der Waals surface area (Å²) in [6, 6.07) is 93.9. The van der Waals surface area contributed by atoms with Crippen molar-refractivity contribution in [3.05, 3.63) is 287 Å². The molecule has 0 heterocycles. The molecule has 0 unspecified atom stereocenters. The summed E-state index contributed by atoms with van der Waals surface area (Å²) in [4.78, 5) is 5.19. The van der Waals surface area contributed by atoms with Gasteiger partial charge in [0.2, 0.25) is 0 Å². The van der Waals surface area contributed by atoms with Crippen molar-refractivity contribution in [2.75, 3.05) is 9.80 Å². The van der Waals surface area contributed by atoms with Crippen LogP contribution in [0.3, 0.4) is 0 Å². The molecule has 0 radical (unpaired) electrons. The maximum absolute atomic E-state index is 2.59. The number of rotatable bonds is 8. The van der Waals surface area contributed by atoms with E-state index < -0.39 is 0 Å². The van der Waals surface area contributed by atoms with Gasteiger partial charge in [-0.25, -0.2) is 0 Å².